The Morgan fingerprint density at radius 1 is 1.65 bits per heavy atom. The first-order valence-corrected chi connectivity index (χ1v) is 6.27. The predicted octanol–water partition coefficient (Wildman–Crippen LogP) is 2.66. The third kappa shape index (κ3) is 2.99. The summed E-state index contributed by atoms with van der Waals surface area (Å²) >= 11 is 5.70. The Bertz CT molecular complexity index is 527. The maximum Gasteiger partial charge on any atom is 0.339 e. The number of aromatic nitrogens is 1. The quantitative estimate of drug-likeness (QED) is 0.837. The Balaban J connectivity index is 2.19. The van der Waals surface area contributed by atoms with Crippen LogP contribution in [0.3, 0.4) is 0 Å². The lowest BCUT2D eigenvalue weighted by Crippen LogP contribution is -2.28. The fourth-order valence-electron chi connectivity index (χ4n) is 2.29. The summed E-state index contributed by atoms with van der Waals surface area (Å²) in [5, 5.41) is 11.9. The summed E-state index contributed by atoms with van der Waals surface area (Å²) in [4.78, 5) is 14.7. The largest absolute Gasteiger partial charge is 0.478 e. The molecule has 110 valence electrons. The van der Waals surface area contributed by atoms with E-state index in [1.807, 2.05) is 0 Å². The van der Waals surface area contributed by atoms with Gasteiger partial charge in [-0.05, 0) is 12.5 Å². The van der Waals surface area contributed by atoms with Crippen LogP contribution >= 0.6 is 11.6 Å². The van der Waals surface area contributed by atoms with Gasteiger partial charge in [0.1, 0.15) is 16.8 Å². The molecule has 5 nitrogen and oxygen atoms in total. The normalized spacial score (nSPS) is 24.6. The van der Waals surface area contributed by atoms with E-state index in [1.54, 1.807) is 0 Å². The monoisotopic (exact) mass is 306 g/mol. The lowest BCUT2D eigenvalue weighted by Gasteiger charge is -2.16. The minimum absolute atomic E-state index is 0.0858. The summed E-state index contributed by atoms with van der Waals surface area (Å²) in [6, 6.07) is 0.718. The third-order valence-electron chi connectivity index (χ3n) is 3.23. The van der Waals surface area contributed by atoms with E-state index in [9.17, 15) is 13.6 Å². The van der Waals surface area contributed by atoms with Crippen LogP contribution in [0.15, 0.2) is 12.3 Å². The number of carbonyl (C=O) groups is 1. The summed E-state index contributed by atoms with van der Waals surface area (Å²) in [5.74, 6) is -4.14. The molecule has 8 heteroatoms. The Morgan fingerprint density at radius 3 is 2.90 bits per heavy atom. The van der Waals surface area contributed by atoms with Crippen LogP contribution in [0.5, 0.6) is 0 Å². The number of rotatable bonds is 4. The zero-order chi connectivity index (χ0) is 14.9. The predicted molar refractivity (Wildman–Crippen MR) is 68.6 cm³/mol. The lowest BCUT2D eigenvalue weighted by atomic mass is 10.2. The van der Waals surface area contributed by atoms with Crippen LogP contribution < -0.4 is 5.32 Å². The van der Waals surface area contributed by atoms with E-state index < -0.39 is 30.5 Å². The summed E-state index contributed by atoms with van der Waals surface area (Å²) in [6.45, 7) is 0. The molecule has 20 heavy (non-hydrogen) atoms. The van der Waals surface area contributed by atoms with E-state index in [0.717, 1.165) is 6.20 Å². The summed E-state index contributed by atoms with van der Waals surface area (Å²) in [6.07, 6.45) is -0.424. The number of alkyl halides is 2. The van der Waals surface area contributed by atoms with Crippen molar-refractivity contribution in [1.29, 1.82) is 0 Å². The number of hydrogen-bond donors (Lipinski definition) is 2. The van der Waals surface area contributed by atoms with Gasteiger partial charge in [0.05, 0.1) is 5.69 Å². The molecule has 1 aromatic rings. The number of ether oxygens (including phenoxy) is 1. The minimum atomic E-state index is -2.94. The van der Waals surface area contributed by atoms with Gasteiger partial charge in [0, 0.05) is 25.8 Å². The molecule has 0 spiro atoms. The Morgan fingerprint density at radius 2 is 2.35 bits per heavy atom. The summed E-state index contributed by atoms with van der Waals surface area (Å²) in [5.41, 5.74) is 0.0636. The number of halogens is 3. The van der Waals surface area contributed by atoms with Crippen molar-refractivity contribution >= 4 is 23.3 Å². The average Bonchev–Trinajstić information content (AvgIpc) is 2.62. The zero-order valence-electron chi connectivity index (χ0n) is 10.6. The number of carboxylic acids is 1. The number of nitrogens with one attached hydrogen (secondary N) is 1. The number of pyridine rings is 1. The van der Waals surface area contributed by atoms with Crippen LogP contribution in [0.4, 0.5) is 14.5 Å². The smallest absolute Gasteiger partial charge is 0.339 e. The highest BCUT2D eigenvalue weighted by Gasteiger charge is 2.49. The highest BCUT2D eigenvalue weighted by Crippen LogP contribution is 2.38. The van der Waals surface area contributed by atoms with E-state index in [-0.39, 0.29) is 22.8 Å². The van der Waals surface area contributed by atoms with Gasteiger partial charge in [-0.3, -0.25) is 0 Å². The highest BCUT2D eigenvalue weighted by atomic mass is 35.5. The molecular weight excluding hydrogens is 294 g/mol. The average molecular weight is 307 g/mol. The van der Waals surface area contributed by atoms with Crippen molar-refractivity contribution in [3.8, 4) is 0 Å². The second kappa shape index (κ2) is 5.49. The molecule has 2 atom stereocenters. The fraction of sp³-hybridized carbons (Fsp3) is 0.500. The van der Waals surface area contributed by atoms with Crippen molar-refractivity contribution in [3.05, 3.63) is 23.0 Å². The maximum atomic E-state index is 13.6. The van der Waals surface area contributed by atoms with Gasteiger partial charge in [-0.2, -0.15) is 0 Å². The number of methoxy groups -OCH3 is 1. The summed E-state index contributed by atoms with van der Waals surface area (Å²) < 4.78 is 31.9. The van der Waals surface area contributed by atoms with Gasteiger partial charge < -0.3 is 15.2 Å². The topological polar surface area (TPSA) is 71.5 Å². The van der Waals surface area contributed by atoms with Gasteiger partial charge in [0.2, 0.25) is 0 Å². The molecule has 2 rings (SSSR count). The van der Waals surface area contributed by atoms with E-state index in [4.69, 9.17) is 21.4 Å². The van der Waals surface area contributed by atoms with Gasteiger partial charge in [0.15, 0.2) is 0 Å². The Kier molecular flexibility index (Phi) is 4.10. The van der Waals surface area contributed by atoms with Gasteiger partial charge in [0.25, 0.3) is 5.92 Å². The van der Waals surface area contributed by atoms with Gasteiger partial charge in [-0.1, -0.05) is 11.6 Å². The minimum Gasteiger partial charge on any atom is -0.478 e. The number of aromatic carboxylic acids is 1. The second-order valence-electron chi connectivity index (χ2n) is 4.62. The van der Waals surface area contributed by atoms with E-state index in [0.29, 0.717) is 0 Å². The van der Waals surface area contributed by atoms with Crippen LogP contribution in [-0.2, 0) is 4.74 Å². The highest BCUT2D eigenvalue weighted by molar-refractivity contribution is 6.29. The van der Waals surface area contributed by atoms with E-state index >= 15 is 0 Å². The number of nitrogens with zero attached hydrogens (tertiary/aromatic N) is 1. The van der Waals surface area contributed by atoms with Crippen LogP contribution in [0.1, 0.15) is 23.2 Å². The lowest BCUT2D eigenvalue weighted by molar-refractivity contribution is -0.102. The van der Waals surface area contributed by atoms with Gasteiger partial charge in [-0.25, -0.2) is 18.6 Å². The second-order valence-corrected chi connectivity index (χ2v) is 5.01. The molecule has 2 unspecified atom stereocenters. The van der Waals surface area contributed by atoms with Crippen molar-refractivity contribution in [2.75, 3.05) is 12.4 Å². The molecule has 1 aliphatic rings. The molecule has 1 fully saturated rings. The van der Waals surface area contributed by atoms with Crippen LogP contribution in [0.25, 0.3) is 0 Å². The molecule has 0 aromatic carbocycles. The number of carboxylic acid groups (broad SMARTS) is 1. The third-order valence-corrected chi connectivity index (χ3v) is 3.44. The molecule has 1 heterocycles. The fourth-order valence-corrected chi connectivity index (χ4v) is 2.45. The zero-order valence-corrected chi connectivity index (χ0v) is 11.3. The standard InChI is InChI=1S/C12H13ClF2N2O3/c1-20-9-2-6(4-12(9,14)15)17-8-3-10(13)16-5-7(8)11(18)19/h3,5-6,9H,2,4H2,1H3,(H,16,17)(H,18,19). The number of anilines is 1. The molecule has 0 saturated heterocycles. The first-order valence-electron chi connectivity index (χ1n) is 5.89. The number of hydrogen-bond acceptors (Lipinski definition) is 4. The maximum absolute atomic E-state index is 13.6. The SMILES string of the molecule is COC1CC(Nc2cc(Cl)ncc2C(=O)O)CC1(F)F. The molecule has 0 aliphatic heterocycles. The molecule has 0 bridgehead atoms. The molecule has 1 aliphatic carbocycles. The van der Waals surface area contributed by atoms with E-state index in [2.05, 4.69) is 10.3 Å². The van der Waals surface area contributed by atoms with Crippen molar-refractivity contribution in [2.45, 2.75) is 30.9 Å². The summed E-state index contributed by atoms with van der Waals surface area (Å²) in [7, 11) is 1.23. The Labute approximate surface area is 118 Å². The van der Waals surface area contributed by atoms with Crippen molar-refractivity contribution in [2.24, 2.45) is 0 Å². The van der Waals surface area contributed by atoms with Crippen molar-refractivity contribution in [3.63, 3.8) is 0 Å². The van der Waals surface area contributed by atoms with Gasteiger partial charge in [-0.15, -0.1) is 0 Å². The van der Waals surface area contributed by atoms with Crippen LogP contribution in [-0.4, -0.2) is 41.2 Å². The first kappa shape index (κ1) is 14.9. The molecule has 1 aromatic heterocycles. The molecule has 1 saturated carbocycles. The van der Waals surface area contributed by atoms with Gasteiger partial charge >= 0.3 is 5.97 Å². The molecule has 2 N–H and O–H groups in total. The Hall–Kier alpha value is -1.47. The molecule has 0 radical (unpaired) electrons. The van der Waals surface area contributed by atoms with Crippen molar-refractivity contribution < 1.29 is 23.4 Å². The first-order chi connectivity index (χ1) is 9.33. The van der Waals surface area contributed by atoms with Crippen LogP contribution in [0.2, 0.25) is 5.15 Å². The van der Waals surface area contributed by atoms with Crippen LogP contribution in [0, 0.1) is 0 Å². The molecular formula is C12H13ClF2N2O3. The van der Waals surface area contributed by atoms with E-state index in [1.165, 1.54) is 13.2 Å². The molecule has 0 amide bonds. The van der Waals surface area contributed by atoms with Crippen molar-refractivity contribution in [1.82, 2.24) is 4.98 Å².